The largest absolute Gasteiger partial charge is 0.491 e. The number of hydrogen-bond acceptors (Lipinski definition) is 6. The fourth-order valence-corrected chi connectivity index (χ4v) is 5.20. The zero-order valence-electron chi connectivity index (χ0n) is 18.5. The number of nitrogens with two attached hydrogens (primary N) is 2. The highest BCUT2D eigenvalue weighted by Crippen LogP contribution is 2.43. The van der Waals surface area contributed by atoms with Crippen LogP contribution in [-0.4, -0.2) is 32.1 Å². The van der Waals surface area contributed by atoms with Gasteiger partial charge in [-0.1, -0.05) is 0 Å². The Hall–Kier alpha value is -3.92. The molecule has 3 aromatic heterocycles. The number of nitrogens with zero attached hydrogens (tertiary/aromatic N) is 4. The Kier molecular flexibility index (Phi) is 5.45. The zero-order chi connectivity index (χ0) is 24.0. The predicted octanol–water partition coefficient (Wildman–Crippen LogP) is 3.18. The van der Waals surface area contributed by atoms with E-state index in [0.717, 1.165) is 21.4 Å². The smallest absolute Gasteiger partial charge is 0.180 e. The summed E-state index contributed by atoms with van der Waals surface area (Å²) in [6.07, 6.45) is 2.01. The molecule has 0 aliphatic carbocycles. The highest BCUT2D eigenvalue weighted by Gasteiger charge is 2.25. The summed E-state index contributed by atoms with van der Waals surface area (Å²) < 4.78 is 35.2. The third-order valence-electron chi connectivity index (χ3n) is 5.46. The van der Waals surface area contributed by atoms with E-state index >= 15 is 0 Å². The summed E-state index contributed by atoms with van der Waals surface area (Å²) in [7, 11) is 0. The Labute approximate surface area is 198 Å². The molecule has 1 aliphatic heterocycles. The number of hydrogen-bond donors (Lipinski definition) is 2. The lowest BCUT2D eigenvalue weighted by Crippen LogP contribution is -2.39. The molecule has 1 aliphatic rings. The summed E-state index contributed by atoms with van der Waals surface area (Å²) >= 11 is 1.46. The molecule has 34 heavy (non-hydrogen) atoms. The quantitative estimate of drug-likeness (QED) is 0.438. The van der Waals surface area contributed by atoms with Gasteiger partial charge in [-0.25, -0.2) is 23.4 Å². The number of fused-ring (bicyclic) bond motifs is 3. The molecular weight excluding hydrogens is 458 g/mol. The minimum Gasteiger partial charge on any atom is -0.491 e. The monoisotopic (exact) mass is 479 g/mol. The molecule has 0 radical (unpaired) electrons. The van der Waals surface area contributed by atoms with Gasteiger partial charge in [0, 0.05) is 25.1 Å². The third-order valence-corrected chi connectivity index (χ3v) is 6.64. The Morgan fingerprint density at radius 1 is 1.18 bits per heavy atom. The maximum absolute atomic E-state index is 14.5. The van der Waals surface area contributed by atoms with E-state index in [9.17, 15) is 8.78 Å². The van der Waals surface area contributed by atoms with Crippen molar-refractivity contribution >= 4 is 22.6 Å². The summed E-state index contributed by atoms with van der Waals surface area (Å²) in [6.45, 7) is 4.05. The number of thiophene rings is 1. The van der Waals surface area contributed by atoms with Gasteiger partial charge >= 0.3 is 0 Å². The van der Waals surface area contributed by atoms with Gasteiger partial charge in [0.05, 0.1) is 27.6 Å². The number of pyridine rings is 1. The molecule has 0 amide bonds. The van der Waals surface area contributed by atoms with Crippen molar-refractivity contribution in [2.45, 2.75) is 20.3 Å². The summed E-state index contributed by atoms with van der Waals surface area (Å²) in [5.41, 5.74) is 10.4. The average Bonchev–Trinajstić information content (AvgIpc) is 3.38. The molecule has 5 rings (SSSR count). The van der Waals surface area contributed by atoms with Crippen LogP contribution in [0.5, 0.6) is 5.75 Å². The second kappa shape index (κ2) is 8.45. The zero-order valence-corrected chi connectivity index (χ0v) is 19.3. The van der Waals surface area contributed by atoms with Crippen molar-refractivity contribution in [3.63, 3.8) is 0 Å². The van der Waals surface area contributed by atoms with Crippen LogP contribution >= 0.6 is 11.3 Å². The molecule has 0 saturated heterocycles. The van der Waals surface area contributed by atoms with Gasteiger partial charge in [0.25, 0.3) is 0 Å². The van der Waals surface area contributed by atoms with E-state index < -0.39 is 11.6 Å². The van der Waals surface area contributed by atoms with Gasteiger partial charge in [-0.15, -0.1) is 11.3 Å². The maximum Gasteiger partial charge on any atom is 0.180 e. The molecule has 0 spiro atoms. The Morgan fingerprint density at radius 3 is 2.74 bits per heavy atom. The van der Waals surface area contributed by atoms with Crippen LogP contribution in [0, 0.1) is 11.6 Å². The molecule has 0 bridgehead atoms. The van der Waals surface area contributed by atoms with Crippen LogP contribution < -0.4 is 15.9 Å². The van der Waals surface area contributed by atoms with Gasteiger partial charge in [-0.05, 0) is 42.8 Å². The third kappa shape index (κ3) is 3.75. The summed E-state index contributed by atoms with van der Waals surface area (Å²) in [5.74, 6) is -0.271. The van der Waals surface area contributed by atoms with Crippen LogP contribution in [0.25, 0.3) is 32.5 Å². The van der Waals surface area contributed by atoms with Crippen molar-refractivity contribution < 1.29 is 18.9 Å². The maximum atomic E-state index is 14.5. The predicted molar refractivity (Wildman–Crippen MR) is 126 cm³/mol. The van der Waals surface area contributed by atoms with E-state index in [4.69, 9.17) is 20.9 Å². The Morgan fingerprint density at radius 2 is 2.00 bits per heavy atom. The summed E-state index contributed by atoms with van der Waals surface area (Å²) in [5, 5.41) is 10.2. The molecule has 0 unspecified atom stereocenters. The highest BCUT2D eigenvalue weighted by molar-refractivity contribution is 7.19. The molecular formula is C24H21F2N6OS+. The molecule has 7 nitrogen and oxygen atoms in total. The number of aromatic nitrogens is 4. The Balaban J connectivity index is 1.64. The van der Waals surface area contributed by atoms with Gasteiger partial charge in [-0.2, -0.15) is 5.10 Å². The van der Waals surface area contributed by atoms with E-state index in [2.05, 4.69) is 10.1 Å². The molecule has 4 N–H and O–H groups in total. The van der Waals surface area contributed by atoms with E-state index in [-0.39, 0.29) is 5.69 Å². The first-order valence-corrected chi connectivity index (χ1v) is 11.3. The number of ether oxygens (including phenoxy) is 1. The van der Waals surface area contributed by atoms with Gasteiger partial charge < -0.3 is 10.5 Å². The van der Waals surface area contributed by atoms with Crippen LogP contribution in [0.4, 0.5) is 8.78 Å². The minimum atomic E-state index is -0.722. The first kappa shape index (κ1) is 21.9. The van der Waals surface area contributed by atoms with E-state index in [1.807, 2.05) is 18.2 Å². The first-order chi connectivity index (χ1) is 16.3. The van der Waals surface area contributed by atoms with Gasteiger partial charge in [0.15, 0.2) is 17.4 Å². The number of rotatable bonds is 4. The molecule has 10 heteroatoms. The fourth-order valence-electron chi connectivity index (χ4n) is 4.01. The van der Waals surface area contributed by atoms with Crippen LogP contribution in [0.15, 0.2) is 48.4 Å². The van der Waals surface area contributed by atoms with Crippen LogP contribution in [0.2, 0.25) is 0 Å². The molecule has 1 aromatic carbocycles. The molecule has 4 heterocycles. The van der Waals surface area contributed by atoms with Crippen LogP contribution in [0.1, 0.15) is 25.1 Å². The molecule has 0 atom stereocenters. The first-order valence-electron chi connectivity index (χ1n) is 10.5. The van der Waals surface area contributed by atoms with Crippen molar-refractivity contribution in [2.75, 3.05) is 6.61 Å². The topological polar surface area (TPSA) is 104 Å². The van der Waals surface area contributed by atoms with Crippen molar-refractivity contribution in [1.82, 2.24) is 19.7 Å². The van der Waals surface area contributed by atoms with Crippen molar-refractivity contribution in [3.05, 3.63) is 71.3 Å². The van der Waals surface area contributed by atoms with Gasteiger partial charge in [0.2, 0.25) is 0 Å². The van der Waals surface area contributed by atoms with Crippen molar-refractivity contribution in [1.29, 1.82) is 0 Å². The second-order valence-electron chi connectivity index (χ2n) is 7.94. The normalized spacial score (nSPS) is 13.4. The lowest BCUT2D eigenvalue weighted by molar-refractivity contribution is -0.111. The summed E-state index contributed by atoms with van der Waals surface area (Å²) in [4.78, 5) is 10.9. The average molecular weight is 480 g/mol. The van der Waals surface area contributed by atoms with Crippen LogP contribution in [0.3, 0.4) is 0 Å². The SMILES string of the molecule is CC(=[NH2+])/C(=C(/C)N)c1ccc2c(n1)-c1sc(-c3ncnn3-c3ccc(F)cc3F)cc1CCO2. The van der Waals surface area contributed by atoms with Gasteiger partial charge in [0.1, 0.15) is 29.3 Å². The number of halogens is 2. The molecule has 0 fully saturated rings. The number of benzene rings is 1. The van der Waals surface area contributed by atoms with Crippen molar-refractivity contribution in [3.8, 4) is 32.7 Å². The fraction of sp³-hybridized carbons (Fsp3) is 0.167. The second-order valence-corrected chi connectivity index (χ2v) is 8.99. The van der Waals surface area contributed by atoms with E-state index in [1.54, 1.807) is 13.8 Å². The van der Waals surface area contributed by atoms with E-state index in [1.165, 1.54) is 34.5 Å². The van der Waals surface area contributed by atoms with Gasteiger partial charge in [-0.3, -0.25) is 5.41 Å². The molecule has 172 valence electrons. The van der Waals surface area contributed by atoms with Crippen molar-refractivity contribution in [2.24, 2.45) is 5.73 Å². The lowest BCUT2D eigenvalue weighted by atomic mass is 10.0. The lowest BCUT2D eigenvalue weighted by Gasteiger charge is -2.10. The van der Waals surface area contributed by atoms with E-state index in [0.29, 0.717) is 53.0 Å². The standard InChI is InChI=1S/C24H20F2N6OS/c1-12(27)21(13(2)28)17-4-6-19-22(31-17)23-14(7-8-33-19)9-20(34-23)24-29-11-30-32(24)18-5-3-15(25)10-16(18)26/h3-6,9-11,27H,7-8,28H2,1-2H3/p+1/b21-13+,27-12?. The minimum absolute atomic E-state index is 0.115. The number of allylic oxidation sites excluding steroid dienone is 2. The molecule has 0 saturated carbocycles. The van der Waals surface area contributed by atoms with Crippen LogP contribution in [-0.2, 0) is 6.42 Å². The molecule has 4 aromatic rings. The highest BCUT2D eigenvalue weighted by atomic mass is 32.1. The summed E-state index contributed by atoms with van der Waals surface area (Å²) in [6, 6.07) is 9.05. The Bertz CT molecular complexity index is 1470.